The Morgan fingerprint density at radius 1 is 1.10 bits per heavy atom. The molecule has 0 saturated heterocycles. The summed E-state index contributed by atoms with van der Waals surface area (Å²) in [6.45, 7) is 3.31. The van der Waals surface area contributed by atoms with Crippen LogP contribution in [0.15, 0.2) is 36.8 Å². The molecule has 4 aromatic rings. The number of pyridine rings is 1. The van der Waals surface area contributed by atoms with Crippen LogP contribution in [0.25, 0.3) is 20.8 Å². The van der Waals surface area contributed by atoms with E-state index in [1.807, 2.05) is 19.1 Å². The van der Waals surface area contributed by atoms with Crippen molar-refractivity contribution in [1.82, 2.24) is 19.9 Å². The number of thiazole rings is 1. The van der Waals surface area contributed by atoms with E-state index >= 15 is 0 Å². The Balaban J connectivity index is 1.76. The molecule has 1 aromatic carbocycles. The molecule has 0 aliphatic rings. The maximum absolute atomic E-state index is 11.3. The van der Waals surface area contributed by atoms with E-state index in [1.165, 1.54) is 24.6 Å². The SMILES string of the molecule is CC(=O)Nc1cc(Cl)c(-c2nc3ccnc(Nc4cc(C)ncn4)c3s2)c(Cl)c1. The number of anilines is 3. The van der Waals surface area contributed by atoms with Crippen LogP contribution in [0.2, 0.25) is 10.0 Å². The lowest BCUT2D eigenvalue weighted by Crippen LogP contribution is -2.05. The summed E-state index contributed by atoms with van der Waals surface area (Å²) < 4.78 is 0.844. The van der Waals surface area contributed by atoms with Gasteiger partial charge in [0, 0.05) is 36.1 Å². The number of halogens is 2. The molecule has 146 valence electrons. The van der Waals surface area contributed by atoms with Crippen LogP contribution in [0, 0.1) is 6.92 Å². The minimum absolute atomic E-state index is 0.202. The smallest absolute Gasteiger partial charge is 0.221 e. The number of carbonyl (C=O) groups is 1. The maximum atomic E-state index is 11.3. The van der Waals surface area contributed by atoms with Crippen LogP contribution in [0.1, 0.15) is 12.6 Å². The first-order valence-electron chi connectivity index (χ1n) is 8.49. The van der Waals surface area contributed by atoms with Gasteiger partial charge in [0.05, 0.1) is 20.3 Å². The molecular weight excluding hydrogens is 431 g/mol. The highest BCUT2D eigenvalue weighted by Crippen LogP contribution is 2.42. The third-order valence-corrected chi connectivity index (χ3v) is 5.62. The number of hydrogen-bond donors (Lipinski definition) is 2. The van der Waals surface area contributed by atoms with Gasteiger partial charge in [0.15, 0.2) is 5.82 Å². The van der Waals surface area contributed by atoms with E-state index in [0.717, 1.165) is 15.9 Å². The van der Waals surface area contributed by atoms with Crippen LogP contribution >= 0.6 is 34.5 Å². The van der Waals surface area contributed by atoms with E-state index in [1.54, 1.807) is 18.3 Å². The second-order valence-corrected chi connectivity index (χ2v) is 8.01. The zero-order chi connectivity index (χ0) is 20.5. The second-order valence-electron chi connectivity index (χ2n) is 6.19. The summed E-state index contributed by atoms with van der Waals surface area (Å²) in [7, 11) is 0. The first kappa shape index (κ1) is 19.5. The summed E-state index contributed by atoms with van der Waals surface area (Å²) in [6.07, 6.45) is 3.16. The van der Waals surface area contributed by atoms with Gasteiger partial charge in [0.25, 0.3) is 0 Å². The summed E-state index contributed by atoms with van der Waals surface area (Å²) in [4.78, 5) is 28.7. The van der Waals surface area contributed by atoms with E-state index < -0.39 is 0 Å². The highest BCUT2D eigenvalue weighted by molar-refractivity contribution is 7.22. The van der Waals surface area contributed by atoms with Gasteiger partial charge in [-0.25, -0.2) is 19.9 Å². The molecule has 0 atom stereocenters. The Hall–Kier alpha value is -2.81. The molecule has 0 fully saturated rings. The van der Waals surface area contributed by atoms with Gasteiger partial charge in [0.2, 0.25) is 5.91 Å². The number of aromatic nitrogens is 4. The summed E-state index contributed by atoms with van der Waals surface area (Å²) in [6, 6.07) is 6.95. The van der Waals surface area contributed by atoms with Crippen molar-refractivity contribution in [3.8, 4) is 10.6 Å². The molecule has 0 unspecified atom stereocenters. The Bertz CT molecular complexity index is 1220. The molecule has 1 amide bonds. The summed E-state index contributed by atoms with van der Waals surface area (Å²) in [5, 5.41) is 7.33. The molecule has 0 bridgehead atoms. The van der Waals surface area contributed by atoms with Crippen LogP contribution in [0.4, 0.5) is 17.3 Å². The normalized spacial score (nSPS) is 10.9. The topological polar surface area (TPSA) is 92.7 Å². The number of nitrogens with zero attached hydrogens (tertiary/aromatic N) is 4. The average molecular weight is 445 g/mol. The fourth-order valence-electron chi connectivity index (χ4n) is 2.75. The van der Waals surface area contributed by atoms with Crippen LogP contribution in [-0.2, 0) is 4.79 Å². The van der Waals surface area contributed by atoms with Crippen molar-refractivity contribution in [2.24, 2.45) is 0 Å². The lowest BCUT2D eigenvalue weighted by Gasteiger charge is -2.08. The lowest BCUT2D eigenvalue weighted by molar-refractivity contribution is -0.114. The van der Waals surface area contributed by atoms with Gasteiger partial charge >= 0.3 is 0 Å². The zero-order valence-corrected chi connectivity index (χ0v) is 17.7. The molecule has 0 aliphatic carbocycles. The average Bonchev–Trinajstić information content (AvgIpc) is 3.05. The molecule has 0 saturated carbocycles. The fraction of sp³-hybridized carbons (Fsp3) is 0.105. The Morgan fingerprint density at radius 2 is 1.86 bits per heavy atom. The Morgan fingerprint density at radius 3 is 2.55 bits per heavy atom. The van der Waals surface area contributed by atoms with Crippen LogP contribution < -0.4 is 10.6 Å². The van der Waals surface area contributed by atoms with Crippen LogP contribution in [-0.4, -0.2) is 25.8 Å². The van der Waals surface area contributed by atoms with Gasteiger partial charge in [-0.2, -0.15) is 0 Å². The number of rotatable bonds is 4. The minimum Gasteiger partial charge on any atom is -0.326 e. The van der Waals surface area contributed by atoms with E-state index in [9.17, 15) is 4.79 Å². The van der Waals surface area contributed by atoms with Crippen molar-refractivity contribution in [1.29, 1.82) is 0 Å². The molecule has 0 aliphatic heterocycles. The van der Waals surface area contributed by atoms with Gasteiger partial charge in [-0.3, -0.25) is 4.79 Å². The van der Waals surface area contributed by atoms with Crippen molar-refractivity contribution in [2.75, 3.05) is 10.6 Å². The highest BCUT2D eigenvalue weighted by atomic mass is 35.5. The maximum Gasteiger partial charge on any atom is 0.221 e. The highest BCUT2D eigenvalue weighted by Gasteiger charge is 2.17. The lowest BCUT2D eigenvalue weighted by atomic mass is 10.2. The van der Waals surface area contributed by atoms with Crippen molar-refractivity contribution in [3.05, 3.63) is 52.5 Å². The molecule has 0 spiro atoms. The largest absolute Gasteiger partial charge is 0.326 e. The monoisotopic (exact) mass is 444 g/mol. The van der Waals surface area contributed by atoms with Gasteiger partial charge < -0.3 is 10.6 Å². The molecule has 2 N–H and O–H groups in total. The quantitative estimate of drug-likeness (QED) is 0.433. The third-order valence-electron chi connectivity index (χ3n) is 3.93. The van der Waals surface area contributed by atoms with Gasteiger partial charge in [-0.1, -0.05) is 23.2 Å². The molecule has 29 heavy (non-hydrogen) atoms. The summed E-state index contributed by atoms with van der Waals surface area (Å²) in [5.74, 6) is 1.07. The molecule has 7 nitrogen and oxygen atoms in total. The van der Waals surface area contributed by atoms with Crippen LogP contribution in [0.3, 0.4) is 0 Å². The second kappa shape index (κ2) is 7.90. The van der Waals surface area contributed by atoms with Crippen molar-refractivity contribution >= 4 is 68.0 Å². The van der Waals surface area contributed by atoms with E-state index in [2.05, 4.69) is 30.6 Å². The number of amides is 1. The molecule has 3 aromatic heterocycles. The number of benzene rings is 1. The Kier molecular flexibility index (Phi) is 5.31. The predicted molar refractivity (Wildman–Crippen MR) is 117 cm³/mol. The fourth-order valence-corrected chi connectivity index (χ4v) is 4.60. The van der Waals surface area contributed by atoms with Crippen molar-refractivity contribution in [3.63, 3.8) is 0 Å². The van der Waals surface area contributed by atoms with Gasteiger partial charge in [-0.15, -0.1) is 11.3 Å². The molecule has 0 radical (unpaired) electrons. The summed E-state index contributed by atoms with van der Waals surface area (Å²) in [5.41, 5.74) is 2.73. The van der Waals surface area contributed by atoms with Crippen LogP contribution in [0.5, 0.6) is 0 Å². The first-order chi connectivity index (χ1) is 13.9. The molecule has 3 heterocycles. The number of hydrogen-bond acceptors (Lipinski definition) is 7. The third kappa shape index (κ3) is 4.14. The van der Waals surface area contributed by atoms with E-state index in [-0.39, 0.29) is 5.91 Å². The standard InChI is InChI=1S/C19H14Cl2N6OS/c1-9-5-15(24-8-23-9)27-18-17-14(3-4-22-18)26-19(29-17)16-12(20)6-11(7-13(16)21)25-10(2)28/h3-8H,1-2H3,(H,25,28)(H,22,23,24,27). The number of fused-ring (bicyclic) bond motifs is 1. The van der Waals surface area contributed by atoms with Crippen molar-refractivity contribution < 1.29 is 4.79 Å². The van der Waals surface area contributed by atoms with Crippen molar-refractivity contribution in [2.45, 2.75) is 13.8 Å². The zero-order valence-electron chi connectivity index (χ0n) is 15.3. The Labute approximate surface area is 180 Å². The molecule has 4 rings (SSSR count). The predicted octanol–water partition coefficient (Wildman–Crippen LogP) is 5.47. The summed E-state index contributed by atoms with van der Waals surface area (Å²) >= 11 is 14.3. The molecular formula is C19H14Cl2N6OS. The van der Waals surface area contributed by atoms with Gasteiger partial charge in [-0.05, 0) is 25.1 Å². The molecule has 10 heteroatoms. The van der Waals surface area contributed by atoms with Gasteiger partial charge in [0.1, 0.15) is 17.2 Å². The number of aryl methyl sites for hydroxylation is 1. The first-order valence-corrected chi connectivity index (χ1v) is 10.1. The number of nitrogens with one attached hydrogen (secondary N) is 2. The minimum atomic E-state index is -0.202. The number of carbonyl (C=O) groups excluding carboxylic acids is 1. The van der Waals surface area contributed by atoms with E-state index in [4.69, 9.17) is 23.2 Å². The van der Waals surface area contributed by atoms with E-state index in [0.29, 0.717) is 37.9 Å².